The van der Waals surface area contributed by atoms with E-state index in [-0.39, 0.29) is 16.7 Å². The zero-order chi connectivity index (χ0) is 15.1. The Balaban J connectivity index is 2.55. The lowest BCUT2D eigenvalue weighted by Gasteiger charge is -2.05. The number of hydrogen-bond acceptors (Lipinski definition) is 4. The first kappa shape index (κ1) is 16.5. The Hall–Kier alpha value is -1.52. The van der Waals surface area contributed by atoms with Gasteiger partial charge in [0.2, 0.25) is 0 Å². The van der Waals surface area contributed by atoms with Gasteiger partial charge >= 0.3 is 11.9 Å². The molecule has 1 aromatic carbocycles. The van der Waals surface area contributed by atoms with Gasteiger partial charge < -0.3 is 9.47 Å². The van der Waals surface area contributed by atoms with E-state index in [1.54, 1.807) is 6.07 Å². The average molecular weight is 317 g/mol. The SMILES string of the molecule is CC(C)COC(=O)/C=C/C(=O)Oc1cc(Cl)ccc1Cl. The van der Waals surface area contributed by atoms with Crippen LogP contribution in [-0.2, 0) is 14.3 Å². The summed E-state index contributed by atoms with van der Waals surface area (Å²) in [4.78, 5) is 22.8. The fourth-order valence-corrected chi connectivity index (χ4v) is 1.45. The molecule has 0 atom stereocenters. The van der Waals surface area contributed by atoms with E-state index in [1.807, 2.05) is 13.8 Å². The minimum atomic E-state index is -0.740. The maximum Gasteiger partial charge on any atom is 0.336 e. The maximum atomic E-state index is 11.5. The van der Waals surface area contributed by atoms with Gasteiger partial charge in [0.05, 0.1) is 11.6 Å². The van der Waals surface area contributed by atoms with E-state index in [4.69, 9.17) is 32.7 Å². The first-order valence-corrected chi connectivity index (χ1v) is 6.65. The Labute approximate surface area is 127 Å². The molecule has 0 N–H and O–H groups in total. The van der Waals surface area contributed by atoms with Crippen molar-refractivity contribution >= 4 is 35.1 Å². The summed E-state index contributed by atoms with van der Waals surface area (Å²) in [6.07, 6.45) is 1.98. The van der Waals surface area contributed by atoms with Crippen molar-refractivity contribution in [3.63, 3.8) is 0 Å². The smallest absolute Gasteiger partial charge is 0.336 e. The highest BCUT2D eigenvalue weighted by Crippen LogP contribution is 2.27. The van der Waals surface area contributed by atoms with Gasteiger partial charge in [-0.15, -0.1) is 0 Å². The number of hydrogen-bond donors (Lipinski definition) is 0. The molecule has 1 rings (SSSR count). The van der Waals surface area contributed by atoms with Gasteiger partial charge in [-0.3, -0.25) is 0 Å². The molecule has 4 nitrogen and oxygen atoms in total. The van der Waals surface area contributed by atoms with Crippen molar-refractivity contribution in [1.29, 1.82) is 0 Å². The molecule has 0 unspecified atom stereocenters. The van der Waals surface area contributed by atoms with Crippen LogP contribution in [0.5, 0.6) is 5.75 Å². The molecule has 0 aliphatic carbocycles. The molecule has 0 amide bonds. The van der Waals surface area contributed by atoms with Gasteiger partial charge in [0.15, 0.2) is 5.75 Å². The van der Waals surface area contributed by atoms with Gasteiger partial charge in [-0.25, -0.2) is 9.59 Å². The molecule has 20 heavy (non-hydrogen) atoms. The number of benzene rings is 1. The molecule has 0 aliphatic heterocycles. The summed E-state index contributed by atoms with van der Waals surface area (Å²) in [5, 5.41) is 0.635. The van der Waals surface area contributed by atoms with Crippen molar-refractivity contribution in [1.82, 2.24) is 0 Å². The predicted molar refractivity (Wildman–Crippen MR) is 77.0 cm³/mol. The van der Waals surface area contributed by atoms with Crippen LogP contribution in [0.2, 0.25) is 10.0 Å². The minimum Gasteiger partial charge on any atom is -0.462 e. The molecule has 0 spiro atoms. The second-order valence-corrected chi connectivity index (χ2v) is 5.20. The summed E-state index contributed by atoms with van der Waals surface area (Å²) >= 11 is 11.6. The van der Waals surface area contributed by atoms with Crippen LogP contribution in [-0.4, -0.2) is 18.5 Å². The molecule has 0 fully saturated rings. The maximum absolute atomic E-state index is 11.5. The number of esters is 2. The lowest BCUT2D eigenvalue weighted by molar-refractivity contribution is -0.139. The third kappa shape index (κ3) is 6.08. The third-order valence-corrected chi connectivity index (χ3v) is 2.57. The van der Waals surface area contributed by atoms with E-state index >= 15 is 0 Å². The molecule has 0 aromatic heterocycles. The largest absolute Gasteiger partial charge is 0.462 e. The van der Waals surface area contributed by atoms with Crippen molar-refractivity contribution in [3.05, 3.63) is 40.4 Å². The molecule has 6 heteroatoms. The van der Waals surface area contributed by atoms with Crippen LogP contribution in [0.25, 0.3) is 0 Å². The summed E-state index contributed by atoms with van der Waals surface area (Å²) in [6, 6.07) is 4.49. The van der Waals surface area contributed by atoms with Crippen molar-refractivity contribution < 1.29 is 19.1 Å². The molecular formula is C14H14Cl2O4. The van der Waals surface area contributed by atoms with E-state index in [9.17, 15) is 9.59 Å². The van der Waals surface area contributed by atoms with E-state index in [0.29, 0.717) is 11.6 Å². The van der Waals surface area contributed by atoms with Crippen LogP contribution >= 0.6 is 23.2 Å². The highest BCUT2D eigenvalue weighted by atomic mass is 35.5. The van der Waals surface area contributed by atoms with Gasteiger partial charge in [0, 0.05) is 23.2 Å². The Morgan fingerprint density at radius 3 is 2.50 bits per heavy atom. The van der Waals surface area contributed by atoms with E-state index in [1.165, 1.54) is 12.1 Å². The highest BCUT2D eigenvalue weighted by Gasteiger charge is 2.07. The topological polar surface area (TPSA) is 52.6 Å². The summed E-state index contributed by atoms with van der Waals surface area (Å²) in [5.74, 6) is -0.988. The van der Waals surface area contributed by atoms with E-state index in [2.05, 4.69) is 0 Å². The number of carbonyl (C=O) groups is 2. The molecule has 108 valence electrons. The molecule has 1 aromatic rings. The van der Waals surface area contributed by atoms with Crippen LogP contribution in [0.3, 0.4) is 0 Å². The van der Waals surface area contributed by atoms with E-state index < -0.39 is 11.9 Å². The highest BCUT2D eigenvalue weighted by molar-refractivity contribution is 6.34. The summed E-state index contributed by atoms with van der Waals surface area (Å²) in [5.41, 5.74) is 0. The molecule has 0 radical (unpaired) electrons. The minimum absolute atomic E-state index is 0.129. The van der Waals surface area contributed by atoms with Crippen molar-refractivity contribution in [3.8, 4) is 5.75 Å². The molecule has 0 heterocycles. The summed E-state index contributed by atoms with van der Waals surface area (Å²) in [6.45, 7) is 4.11. The average Bonchev–Trinajstić information content (AvgIpc) is 2.38. The molecule has 0 saturated carbocycles. The van der Waals surface area contributed by atoms with E-state index in [0.717, 1.165) is 12.2 Å². The fourth-order valence-electron chi connectivity index (χ4n) is 1.13. The quantitative estimate of drug-likeness (QED) is 0.472. The van der Waals surface area contributed by atoms with Gasteiger partial charge in [-0.1, -0.05) is 37.0 Å². The normalized spacial score (nSPS) is 10.8. The number of ether oxygens (including phenoxy) is 2. The number of carbonyl (C=O) groups excluding carboxylic acids is 2. The molecular weight excluding hydrogens is 303 g/mol. The zero-order valence-electron chi connectivity index (χ0n) is 11.1. The van der Waals surface area contributed by atoms with Gasteiger partial charge in [0.25, 0.3) is 0 Å². The monoisotopic (exact) mass is 316 g/mol. The first-order valence-electron chi connectivity index (χ1n) is 5.90. The second-order valence-electron chi connectivity index (χ2n) is 4.35. The Morgan fingerprint density at radius 2 is 1.85 bits per heavy atom. The number of halogens is 2. The Kier molecular flexibility index (Phi) is 6.55. The summed E-state index contributed by atoms with van der Waals surface area (Å²) < 4.78 is 9.82. The Morgan fingerprint density at radius 1 is 1.20 bits per heavy atom. The van der Waals surface area contributed by atoms with Gasteiger partial charge in [0.1, 0.15) is 0 Å². The number of rotatable bonds is 5. The van der Waals surface area contributed by atoms with Crippen LogP contribution in [0.15, 0.2) is 30.4 Å². The van der Waals surface area contributed by atoms with Gasteiger partial charge in [-0.2, -0.15) is 0 Å². The van der Waals surface area contributed by atoms with Crippen LogP contribution in [0.1, 0.15) is 13.8 Å². The lowest BCUT2D eigenvalue weighted by atomic mass is 10.2. The molecule has 0 aliphatic rings. The predicted octanol–water partition coefficient (Wildman–Crippen LogP) is 3.65. The molecule has 0 bridgehead atoms. The Bertz CT molecular complexity index is 524. The fraction of sp³-hybridized carbons (Fsp3) is 0.286. The van der Waals surface area contributed by atoms with Gasteiger partial charge in [-0.05, 0) is 18.1 Å². The van der Waals surface area contributed by atoms with Crippen molar-refractivity contribution in [2.75, 3.05) is 6.61 Å². The second kappa shape index (κ2) is 7.92. The first-order chi connectivity index (χ1) is 9.38. The van der Waals surface area contributed by atoms with Crippen LogP contribution in [0.4, 0.5) is 0 Å². The third-order valence-electron chi connectivity index (χ3n) is 2.02. The molecule has 0 saturated heterocycles. The summed E-state index contributed by atoms with van der Waals surface area (Å²) in [7, 11) is 0. The lowest BCUT2D eigenvalue weighted by Crippen LogP contribution is -2.09. The van der Waals surface area contributed by atoms with Crippen molar-refractivity contribution in [2.45, 2.75) is 13.8 Å². The van der Waals surface area contributed by atoms with Crippen LogP contribution in [0, 0.1) is 5.92 Å². The van der Waals surface area contributed by atoms with Crippen LogP contribution < -0.4 is 4.74 Å². The standard InChI is InChI=1S/C14H14Cl2O4/c1-9(2)8-19-13(17)5-6-14(18)20-12-7-10(15)3-4-11(12)16/h3-7,9H,8H2,1-2H3/b6-5+. The van der Waals surface area contributed by atoms with Crippen molar-refractivity contribution in [2.24, 2.45) is 5.92 Å². The zero-order valence-corrected chi connectivity index (χ0v) is 12.6.